The number of aromatic nitrogens is 1. The third kappa shape index (κ3) is 5.10. The summed E-state index contributed by atoms with van der Waals surface area (Å²) in [5, 5.41) is 4.54. The number of rotatable bonds is 5. The van der Waals surface area contributed by atoms with Crippen molar-refractivity contribution in [1.82, 2.24) is 4.98 Å². The maximum Gasteiger partial charge on any atom is 0.416 e. The van der Waals surface area contributed by atoms with Crippen molar-refractivity contribution in [2.75, 3.05) is 10.0 Å². The fraction of sp³-hybridized carbons (Fsp3) is 0.111. The van der Waals surface area contributed by atoms with E-state index in [4.69, 9.17) is 11.6 Å². The molecule has 0 bridgehead atoms. The van der Waals surface area contributed by atoms with Crippen molar-refractivity contribution >= 4 is 49.7 Å². The minimum Gasteiger partial charge on any atom is -0.298 e. The summed E-state index contributed by atoms with van der Waals surface area (Å²) in [7, 11) is -4.29. The van der Waals surface area contributed by atoms with Gasteiger partial charge in [-0.05, 0) is 43.3 Å². The molecular weight excluding hydrogens is 463 g/mol. The van der Waals surface area contributed by atoms with Gasteiger partial charge in [-0.3, -0.25) is 14.8 Å². The first-order chi connectivity index (χ1) is 14.0. The van der Waals surface area contributed by atoms with Gasteiger partial charge in [-0.1, -0.05) is 17.7 Å². The van der Waals surface area contributed by atoms with E-state index < -0.39 is 27.7 Å². The maximum absolute atomic E-state index is 12.8. The standard InChI is InChI=1S/C18H13ClF3N3O3S2/c1-10-9-29-17(23-10)24-16(26)14-8-13(5-6-15(14)19)30(27,28)25-12-4-2-3-11(7-12)18(20,21)22/h2-9,25H,1H3,(H,23,24,26). The van der Waals surface area contributed by atoms with Gasteiger partial charge in [-0.15, -0.1) is 11.3 Å². The number of thiazole rings is 1. The van der Waals surface area contributed by atoms with Gasteiger partial charge in [-0.2, -0.15) is 13.2 Å². The van der Waals surface area contributed by atoms with Crippen LogP contribution in [-0.4, -0.2) is 19.3 Å². The van der Waals surface area contributed by atoms with Crippen molar-refractivity contribution in [2.45, 2.75) is 18.0 Å². The lowest BCUT2D eigenvalue weighted by atomic mass is 10.2. The minimum absolute atomic E-state index is 0.00111. The second kappa shape index (κ2) is 8.25. The molecule has 6 nitrogen and oxygen atoms in total. The molecule has 0 aliphatic carbocycles. The molecule has 1 heterocycles. The molecule has 0 saturated heterocycles. The van der Waals surface area contributed by atoms with Crippen molar-refractivity contribution in [1.29, 1.82) is 0 Å². The van der Waals surface area contributed by atoms with Crippen molar-refractivity contribution in [3.63, 3.8) is 0 Å². The van der Waals surface area contributed by atoms with Gasteiger partial charge >= 0.3 is 6.18 Å². The largest absolute Gasteiger partial charge is 0.416 e. The molecule has 3 aromatic rings. The molecule has 0 unspecified atom stereocenters. The van der Waals surface area contributed by atoms with E-state index in [0.717, 1.165) is 24.3 Å². The highest BCUT2D eigenvalue weighted by Gasteiger charge is 2.31. The normalized spacial score (nSPS) is 11.9. The van der Waals surface area contributed by atoms with Crippen LogP contribution in [0.3, 0.4) is 0 Å². The number of nitrogens with zero attached hydrogens (tertiary/aromatic N) is 1. The van der Waals surface area contributed by atoms with Crippen LogP contribution in [0.5, 0.6) is 0 Å². The first-order valence-electron chi connectivity index (χ1n) is 8.19. The Morgan fingerprint density at radius 2 is 1.90 bits per heavy atom. The van der Waals surface area contributed by atoms with E-state index in [1.54, 1.807) is 12.3 Å². The Morgan fingerprint density at radius 1 is 1.17 bits per heavy atom. The summed E-state index contributed by atoms with van der Waals surface area (Å²) >= 11 is 7.21. The SMILES string of the molecule is Cc1csc(NC(=O)c2cc(S(=O)(=O)Nc3cccc(C(F)(F)F)c3)ccc2Cl)n1. The number of halogens is 4. The zero-order valence-corrected chi connectivity index (χ0v) is 17.5. The summed E-state index contributed by atoms with van der Waals surface area (Å²) in [6, 6.07) is 7.15. The number of benzene rings is 2. The third-order valence-corrected chi connectivity index (χ3v) is 6.36. The van der Waals surface area contributed by atoms with Crippen LogP contribution in [0.2, 0.25) is 5.02 Å². The minimum atomic E-state index is -4.62. The molecule has 2 N–H and O–H groups in total. The predicted molar refractivity (Wildman–Crippen MR) is 109 cm³/mol. The summed E-state index contributed by atoms with van der Waals surface area (Å²) < 4.78 is 65.9. The zero-order valence-electron chi connectivity index (χ0n) is 15.1. The highest BCUT2D eigenvalue weighted by atomic mass is 35.5. The monoisotopic (exact) mass is 475 g/mol. The second-order valence-corrected chi connectivity index (χ2v) is 9.02. The molecule has 0 fully saturated rings. The first-order valence-corrected chi connectivity index (χ1v) is 10.9. The fourth-order valence-electron chi connectivity index (χ4n) is 2.39. The number of carbonyl (C=O) groups excluding carboxylic acids is 1. The quantitative estimate of drug-likeness (QED) is 0.532. The lowest BCUT2D eigenvalue weighted by Gasteiger charge is -2.12. The summed E-state index contributed by atoms with van der Waals surface area (Å²) in [6.07, 6.45) is -4.62. The Bertz CT molecular complexity index is 1210. The van der Waals surface area contributed by atoms with Gasteiger partial charge in [0.25, 0.3) is 15.9 Å². The molecule has 0 radical (unpaired) electrons. The van der Waals surface area contributed by atoms with Crippen LogP contribution in [0.4, 0.5) is 24.0 Å². The average Bonchev–Trinajstić information content (AvgIpc) is 3.05. The fourth-order valence-corrected chi connectivity index (χ4v) is 4.36. The summed E-state index contributed by atoms with van der Waals surface area (Å²) in [5.74, 6) is -0.675. The Balaban J connectivity index is 1.88. The molecule has 0 spiro atoms. The second-order valence-electron chi connectivity index (χ2n) is 6.07. The van der Waals surface area contributed by atoms with E-state index in [9.17, 15) is 26.4 Å². The van der Waals surface area contributed by atoms with E-state index in [1.165, 1.54) is 23.5 Å². The molecule has 0 saturated carbocycles. The van der Waals surface area contributed by atoms with Crippen LogP contribution in [0, 0.1) is 6.92 Å². The van der Waals surface area contributed by atoms with Gasteiger partial charge in [0, 0.05) is 11.1 Å². The molecule has 158 valence electrons. The van der Waals surface area contributed by atoms with E-state index in [2.05, 4.69) is 15.0 Å². The van der Waals surface area contributed by atoms with Crippen LogP contribution in [0.25, 0.3) is 0 Å². The van der Waals surface area contributed by atoms with E-state index in [-0.39, 0.29) is 21.2 Å². The molecule has 1 amide bonds. The summed E-state index contributed by atoms with van der Waals surface area (Å²) in [6.45, 7) is 1.74. The predicted octanol–water partition coefficient (Wildman–Crippen LogP) is 5.18. The number of nitrogens with one attached hydrogen (secondary N) is 2. The molecule has 2 aromatic carbocycles. The van der Waals surface area contributed by atoms with Crippen molar-refractivity contribution in [2.24, 2.45) is 0 Å². The lowest BCUT2D eigenvalue weighted by Crippen LogP contribution is -2.17. The maximum atomic E-state index is 12.8. The molecule has 1 aromatic heterocycles. The summed E-state index contributed by atoms with van der Waals surface area (Å²) in [4.78, 5) is 16.2. The Morgan fingerprint density at radius 3 is 2.53 bits per heavy atom. The van der Waals surface area contributed by atoms with Gasteiger partial charge in [0.1, 0.15) is 0 Å². The Hall–Kier alpha value is -2.63. The topological polar surface area (TPSA) is 88.2 Å². The van der Waals surface area contributed by atoms with E-state index >= 15 is 0 Å². The molecule has 0 aliphatic rings. The average molecular weight is 476 g/mol. The molecule has 0 atom stereocenters. The smallest absolute Gasteiger partial charge is 0.298 e. The van der Waals surface area contributed by atoms with Crippen LogP contribution in [0.1, 0.15) is 21.6 Å². The Labute approximate surface area is 178 Å². The van der Waals surface area contributed by atoms with Crippen molar-refractivity contribution in [3.8, 4) is 0 Å². The number of anilines is 2. The van der Waals surface area contributed by atoms with Crippen molar-refractivity contribution in [3.05, 3.63) is 69.7 Å². The number of alkyl halides is 3. The van der Waals surface area contributed by atoms with E-state index in [1.807, 2.05) is 0 Å². The number of sulfonamides is 1. The van der Waals surface area contributed by atoms with Gasteiger partial charge < -0.3 is 0 Å². The van der Waals surface area contributed by atoms with Crippen LogP contribution < -0.4 is 10.0 Å². The highest BCUT2D eigenvalue weighted by molar-refractivity contribution is 7.92. The summed E-state index contributed by atoms with van der Waals surface area (Å²) in [5.41, 5.74) is -0.707. The van der Waals surface area contributed by atoms with Crippen LogP contribution in [-0.2, 0) is 16.2 Å². The zero-order chi connectivity index (χ0) is 22.1. The molecule has 30 heavy (non-hydrogen) atoms. The number of aryl methyl sites for hydroxylation is 1. The van der Waals surface area contributed by atoms with Gasteiger partial charge in [-0.25, -0.2) is 13.4 Å². The molecule has 0 aliphatic heterocycles. The Kier molecular flexibility index (Phi) is 6.06. The third-order valence-electron chi connectivity index (χ3n) is 3.77. The van der Waals surface area contributed by atoms with Gasteiger partial charge in [0.05, 0.1) is 26.7 Å². The van der Waals surface area contributed by atoms with Crippen LogP contribution in [0.15, 0.2) is 52.7 Å². The number of carbonyl (C=O) groups is 1. The van der Waals surface area contributed by atoms with Gasteiger partial charge in [0.2, 0.25) is 0 Å². The van der Waals surface area contributed by atoms with E-state index in [0.29, 0.717) is 16.9 Å². The molecule has 3 rings (SSSR count). The molecular formula is C18H13ClF3N3O3S2. The van der Waals surface area contributed by atoms with Gasteiger partial charge in [0.15, 0.2) is 5.13 Å². The van der Waals surface area contributed by atoms with Crippen LogP contribution >= 0.6 is 22.9 Å². The number of hydrogen-bond acceptors (Lipinski definition) is 5. The number of amides is 1. The lowest BCUT2D eigenvalue weighted by molar-refractivity contribution is -0.137. The van der Waals surface area contributed by atoms with Crippen molar-refractivity contribution < 1.29 is 26.4 Å². The highest BCUT2D eigenvalue weighted by Crippen LogP contribution is 2.31. The first kappa shape index (κ1) is 22.1. The number of hydrogen-bond donors (Lipinski definition) is 2. The molecule has 12 heteroatoms.